The van der Waals surface area contributed by atoms with Gasteiger partial charge in [-0.25, -0.2) is 0 Å². The highest BCUT2D eigenvalue weighted by molar-refractivity contribution is 4.70. The van der Waals surface area contributed by atoms with Gasteiger partial charge in [-0.15, -0.1) is 0 Å². The highest BCUT2D eigenvalue weighted by atomic mass is 15.2. The first-order chi connectivity index (χ1) is 15.0. The molecule has 0 spiro atoms. The van der Waals surface area contributed by atoms with Gasteiger partial charge in [0.2, 0.25) is 0 Å². The van der Waals surface area contributed by atoms with Gasteiger partial charge in [-0.3, -0.25) is 4.90 Å². The molecule has 32 heavy (non-hydrogen) atoms. The second-order valence-electron chi connectivity index (χ2n) is 10.4. The van der Waals surface area contributed by atoms with Gasteiger partial charge < -0.3 is 14.7 Å². The summed E-state index contributed by atoms with van der Waals surface area (Å²) >= 11 is 0. The topological polar surface area (TPSA) is 16.6 Å². The smallest absolute Gasteiger partial charge is 0.0660 e. The van der Waals surface area contributed by atoms with Crippen molar-refractivity contribution >= 4 is 0 Å². The summed E-state index contributed by atoms with van der Waals surface area (Å²) in [6.07, 6.45) is 5.36. The molecule has 198 valence electrons. The summed E-state index contributed by atoms with van der Waals surface area (Å²) in [4.78, 5) is 6.67. The average molecular weight is 459 g/mol. The summed E-state index contributed by atoms with van der Waals surface area (Å²) in [6.45, 7) is 31.2. The first-order valence-corrected chi connectivity index (χ1v) is 13.7. The molecule has 0 aromatic carbocycles. The second kappa shape index (κ2) is 21.4. The fraction of sp³-hybridized carbons (Fsp3) is 0.893. The Kier molecular flexibility index (Phi) is 24.3. The minimum Gasteiger partial charge on any atom is -0.468 e. The standard InChI is InChI=1S/2C8H17N.C6H14N2.3C2H6/c2*1-8(2)4-6-9(3)7-5-8;1-7-3-5-8(2)6-4-7;3*1-2/h2*9H,3-7H2,1-2H3;7H,1,3-6H2,2H3;3*1-2H3. The average Bonchev–Trinajstić information content (AvgIpc) is 2.80. The minimum atomic E-state index is 0.598. The summed E-state index contributed by atoms with van der Waals surface area (Å²) in [5.74, 6) is 0. The number of hydrogen-bond donors (Lipinski definition) is 3. The zero-order chi connectivity index (χ0) is 25.8. The molecule has 0 aliphatic carbocycles. The number of hydrogen-bond acceptors (Lipinski definition) is 1. The van der Waals surface area contributed by atoms with Crippen molar-refractivity contribution in [2.75, 3.05) is 59.4 Å². The molecular formula is C28H66N4. The van der Waals surface area contributed by atoms with E-state index in [0.717, 1.165) is 0 Å². The highest BCUT2D eigenvalue weighted by Gasteiger charge is 2.24. The first-order valence-electron chi connectivity index (χ1n) is 13.7. The molecule has 0 saturated carbocycles. The quantitative estimate of drug-likeness (QED) is 0.476. The molecule has 4 nitrogen and oxygen atoms in total. The molecule has 3 N–H and O–H groups in total. The van der Waals surface area contributed by atoms with E-state index in [1.54, 1.807) is 0 Å². The predicted octanol–water partition coefficient (Wildman–Crippen LogP) is 2.65. The van der Waals surface area contributed by atoms with Crippen molar-refractivity contribution in [3.8, 4) is 0 Å². The van der Waals surface area contributed by atoms with Crippen LogP contribution in [0.25, 0.3) is 0 Å². The van der Waals surface area contributed by atoms with Crippen molar-refractivity contribution < 1.29 is 14.7 Å². The first kappa shape index (κ1) is 36.4. The molecule has 0 aromatic rings. The lowest BCUT2D eigenvalue weighted by Gasteiger charge is -2.35. The lowest BCUT2D eigenvalue weighted by molar-refractivity contribution is -0.862. The molecule has 0 atom stereocenters. The number of rotatable bonds is 0. The summed E-state index contributed by atoms with van der Waals surface area (Å²) in [7, 11) is 14.0. The van der Waals surface area contributed by atoms with Gasteiger partial charge >= 0.3 is 0 Å². The number of nitrogens with zero attached hydrogens (tertiary/aromatic N) is 1. The number of quaternary nitrogens is 3. The van der Waals surface area contributed by atoms with Crippen LogP contribution in [0.1, 0.15) is 94.9 Å². The van der Waals surface area contributed by atoms with Crippen LogP contribution in [0.15, 0.2) is 0 Å². The Morgan fingerprint density at radius 2 is 0.719 bits per heavy atom. The highest BCUT2D eigenvalue weighted by Crippen LogP contribution is 2.25. The molecule has 3 aliphatic heterocycles. The predicted molar refractivity (Wildman–Crippen MR) is 146 cm³/mol. The summed E-state index contributed by atoms with van der Waals surface area (Å²) < 4.78 is 0. The van der Waals surface area contributed by atoms with Gasteiger partial charge in [0.25, 0.3) is 0 Å². The fourth-order valence-corrected chi connectivity index (χ4v) is 3.50. The number of likely N-dealkylation sites (tertiary alicyclic amines) is 2. The van der Waals surface area contributed by atoms with Gasteiger partial charge in [-0.2, -0.15) is 21.1 Å². The molecule has 3 heterocycles. The SMILES string of the molecule is CC.CC.CC.[CH2-][NH+]1CCC(C)(C)CC1.[CH2-][NH+]1CCC(C)(C)CC1.[CH2-][NH+]1CCN(C)CC1. The minimum absolute atomic E-state index is 0.598. The molecule has 0 aromatic heterocycles. The van der Waals surface area contributed by atoms with Crippen molar-refractivity contribution in [3.05, 3.63) is 21.1 Å². The van der Waals surface area contributed by atoms with Crippen LogP contribution in [0.4, 0.5) is 0 Å². The van der Waals surface area contributed by atoms with E-state index in [2.05, 4.69) is 60.8 Å². The Morgan fingerprint density at radius 3 is 0.906 bits per heavy atom. The number of likely N-dealkylation sites (N-methyl/N-ethyl adjacent to an activating group) is 1. The van der Waals surface area contributed by atoms with Crippen molar-refractivity contribution in [2.24, 2.45) is 10.8 Å². The third kappa shape index (κ3) is 21.7. The molecule has 3 saturated heterocycles. The normalized spacial score (nSPS) is 23.1. The van der Waals surface area contributed by atoms with E-state index < -0.39 is 0 Å². The van der Waals surface area contributed by atoms with Gasteiger partial charge in [0, 0.05) is 13.1 Å². The summed E-state index contributed by atoms with van der Waals surface area (Å²) in [6, 6.07) is 0. The van der Waals surface area contributed by atoms with Crippen LogP contribution in [0.5, 0.6) is 0 Å². The molecule has 0 unspecified atom stereocenters. The van der Waals surface area contributed by atoms with Gasteiger partial charge in [-0.05, 0) is 43.6 Å². The monoisotopic (exact) mass is 459 g/mol. The van der Waals surface area contributed by atoms with Crippen LogP contribution in [0.3, 0.4) is 0 Å². The Labute approximate surface area is 206 Å². The van der Waals surface area contributed by atoms with Gasteiger partial charge in [0.15, 0.2) is 0 Å². The number of nitrogens with one attached hydrogen (secondary N) is 3. The Morgan fingerprint density at radius 1 is 0.500 bits per heavy atom. The van der Waals surface area contributed by atoms with E-state index in [1.807, 2.05) is 41.5 Å². The van der Waals surface area contributed by atoms with Crippen LogP contribution in [0.2, 0.25) is 0 Å². The summed E-state index contributed by atoms with van der Waals surface area (Å²) in [5, 5.41) is 0. The maximum atomic E-state index is 3.98. The maximum absolute atomic E-state index is 3.98. The maximum Gasteiger partial charge on any atom is 0.0660 e. The second-order valence-corrected chi connectivity index (χ2v) is 10.4. The van der Waals surface area contributed by atoms with Crippen molar-refractivity contribution in [1.82, 2.24) is 4.90 Å². The molecular weight excluding hydrogens is 392 g/mol. The summed E-state index contributed by atoms with van der Waals surface area (Å²) in [5.41, 5.74) is 1.20. The Hall–Kier alpha value is -0.160. The number of piperazine rings is 1. The van der Waals surface area contributed by atoms with E-state index in [9.17, 15) is 0 Å². The Balaban J connectivity index is -0.000000353. The van der Waals surface area contributed by atoms with Crippen LogP contribution in [-0.4, -0.2) is 64.3 Å². The van der Waals surface area contributed by atoms with Crippen molar-refractivity contribution in [3.63, 3.8) is 0 Å². The van der Waals surface area contributed by atoms with Crippen molar-refractivity contribution in [2.45, 2.75) is 94.9 Å². The van der Waals surface area contributed by atoms with E-state index >= 15 is 0 Å². The lowest BCUT2D eigenvalue weighted by atomic mass is 9.83. The van der Waals surface area contributed by atoms with Gasteiger partial charge in [0.05, 0.1) is 39.3 Å². The van der Waals surface area contributed by atoms with E-state index in [1.165, 1.54) is 92.7 Å². The van der Waals surface area contributed by atoms with Crippen molar-refractivity contribution in [1.29, 1.82) is 0 Å². The van der Waals surface area contributed by atoms with Crippen LogP contribution >= 0.6 is 0 Å². The largest absolute Gasteiger partial charge is 0.468 e. The van der Waals surface area contributed by atoms with Crippen LogP contribution in [-0.2, 0) is 0 Å². The van der Waals surface area contributed by atoms with E-state index in [0.29, 0.717) is 10.8 Å². The lowest BCUT2D eigenvalue weighted by Crippen LogP contribution is -3.09. The molecule has 4 heteroatoms. The van der Waals surface area contributed by atoms with E-state index in [-0.39, 0.29) is 0 Å². The molecule has 0 amide bonds. The molecule has 3 fully saturated rings. The van der Waals surface area contributed by atoms with Gasteiger partial charge in [0.1, 0.15) is 0 Å². The molecule has 0 radical (unpaired) electrons. The van der Waals surface area contributed by atoms with Gasteiger partial charge in [-0.1, -0.05) is 69.2 Å². The molecule has 3 rings (SSSR count). The zero-order valence-corrected chi connectivity index (χ0v) is 24.6. The van der Waals surface area contributed by atoms with Crippen LogP contribution < -0.4 is 14.7 Å². The Bertz CT molecular complexity index is 318. The third-order valence-corrected chi connectivity index (χ3v) is 6.32. The third-order valence-electron chi connectivity index (χ3n) is 6.32. The zero-order valence-electron chi connectivity index (χ0n) is 24.6. The fourth-order valence-electron chi connectivity index (χ4n) is 3.50. The van der Waals surface area contributed by atoms with E-state index in [4.69, 9.17) is 0 Å². The molecule has 0 bridgehead atoms. The number of piperidine rings is 2. The molecule has 3 aliphatic rings. The van der Waals surface area contributed by atoms with Crippen LogP contribution in [0, 0.1) is 32.0 Å².